The number of hydrogen-bond donors (Lipinski definition) is 0. The molecule has 0 aromatic heterocycles. The molecule has 1 aliphatic heterocycles. The van der Waals surface area contributed by atoms with Crippen LogP contribution < -0.4 is 0 Å². The smallest absolute Gasteiger partial charge is 0.408 e. The lowest BCUT2D eigenvalue weighted by molar-refractivity contribution is -0.532. The minimum Gasteiger partial charge on any atom is -0.411 e. The second-order valence-electron chi connectivity index (χ2n) is 7.92. The fraction of sp³-hybridized carbons (Fsp3) is 0.647. The summed E-state index contributed by atoms with van der Waals surface area (Å²) >= 11 is 1.16. The van der Waals surface area contributed by atoms with Crippen LogP contribution >= 0.6 is 11.8 Å². The molecule has 0 amide bonds. The largest absolute Gasteiger partial charge is 0.411 e. The highest BCUT2D eigenvalue weighted by molar-refractivity contribution is 8.00. The van der Waals surface area contributed by atoms with Gasteiger partial charge in [-0.3, -0.25) is 14.9 Å². The minimum absolute atomic E-state index is 0.0531. The molecule has 0 bridgehead atoms. The third-order valence-corrected chi connectivity index (χ3v) is 10.7. The Morgan fingerprint density at radius 1 is 1.33 bits per heavy atom. The second kappa shape index (κ2) is 6.44. The molecule has 1 heterocycles. The average Bonchev–Trinajstić information content (AvgIpc) is 3.16. The van der Waals surface area contributed by atoms with Crippen LogP contribution in [-0.4, -0.2) is 30.5 Å². The Balaban J connectivity index is 2.12. The number of thioether (sulfide) groups is 1. The van der Waals surface area contributed by atoms with E-state index in [-0.39, 0.29) is 16.1 Å². The molecule has 134 valence electrons. The number of epoxide rings is 1. The molecule has 0 N–H and O–H groups in total. The van der Waals surface area contributed by atoms with Gasteiger partial charge in [0, 0.05) is 4.90 Å². The lowest BCUT2D eigenvalue weighted by Crippen LogP contribution is -2.45. The zero-order valence-electron chi connectivity index (χ0n) is 15.5. The number of aryl methyl sites for hydroxylation is 1. The normalized spacial score (nSPS) is 25.4. The van der Waals surface area contributed by atoms with Gasteiger partial charge in [0.05, 0.1) is 11.0 Å². The van der Waals surface area contributed by atoms with Crippen LogP contribution in [0.3, 0.4) is 0 Å². The van der Waals surface area contributed by atoms with Gasteiger partial charge in [0.15, 0.2) is 14.4 Å². The molecule has 1 aliphatic rings. The van der Waals surface area contributed by atoms with Crippen LogP contribution in [-0.2, 0) is 9.16 Å². The van der Waals surface area contributed by atoms with Gasteiger partial charge in [-0.15, -0.1) is 0 Å². The summed E-state index contributed by atoms with van der Waals surface area (Å²) in [6, 6.07) is 7.68. The molecular weight excluding hydrogens is 342 g/mol. The topological polar surface area (TPSA) is 64.9 Å². The summed E-state index contributed by atoms with van der Waals surface area (Å²) < 4.78 is 11.9. The quantitative estimate of drug-likeness (QED) is 0.236. The number of nitrogens with zero attached hydrogens (tertiary/aromatic N) is 1. The molecule has 2 rings (SSSR count). The van der Waals surface area contributed by atoms with Crippen molar-refractivity contribution in [2.45, 2.75) is 74.9 Å². The summed E-state index contributed by atoms with van der Waals surface area (Å²) in [4.78, 5) is 12.2. The van der Waals surface area contributed by atoms with Crippen molar-refractivity contribution in [2.75, 3.05) is 0 Å². The van der Waals surface area contributed by atoms with E-state index in [0.717, 1.165) is 22.2 Å². The van der Waals surface area contributed by atoms with Crippen LogP contribution in [0.4, 0.5) is 0 Å². The van der Waals surface area contributed by atoms with Crippen LogP contribution in [0.1, 0.15) is 33.3 Å². The van der Waals surface area contributed by atoms with Gasteiger partial charge in [0.2, 0.25) is 0 Å². The molecule has 24 heavy (non-hydrogen) atoms. The van der Waals surface area contributed by atoms with Gasteiger partial charge in [-0.25, -0.2) is 0 Å². The zero-order chi connectivity index (χ0) is 18.3. The number of hydrogen-bond acceptors (Lipinski definition) is 5. The Labute approximate surface area is 149 Å². The second-order valence-corrected chi connectivity index (χ2v) is 13.9. The van der Waals surface area contributed by atoms with Crippen LogP contribution in [0.5, 0.6) is 0 Å². The van der Waals surface area contributed by atoms with Gasteiger partial charge in [-0.1, -0.05) is 38.5 Å². The number of ether oxygens (including phenoxy) is 1. The first kappa shape index (κ1) is 19.4. The molecule has 7 heteroatoms. The third-order valence-electron chi connectivity index (χ3n) is 4.85. The molecule has 0 saturated carbocycles. The van der Waals surface area contributed by atoms with E-state index in [1.807, 2.05) is 38.1 Å². The first-order chi connectivity index (χ1) is 10.9. The molecular formula is C17H27NO4SSi. The predicted molar refractivity (Wildman–Crippen MR) is 99.4 cm³/mol. The molecule has 0 aliphatic carbocycles. The lowest BCUT2D eigenvalue weighted by atomic mass is 10.2. The molecule has 1 aromatic carbocycles. The van der Waals surface area contributed by atoms with E-state index in [1.54, 1.807) is 0 Å². The number of benzene rings is 1. The first-order valence-electron chi connectivity index (χ1n) is 8.15. The zero-order valence-corrected chi connectivity index (χ0v) is 17.3. The SMILES string of the molecule is Cc1ccc(S[C@@]2([N+](=O)[O-])O[C@H]2[C@H](C)O[Si](C)(C)C(C)(C)C)cc1. The van der Waals surface area contributed by atoms with E-state index in [9.17, 15) is 10.1 Å². The van der Waals surface area contributed by atoms with Crippen molar-refractivity contribution < 1.29 is 14.1 Å². The van der Waals surface area contributed by atoms with E-state index in [4.69, 9.17) is 9.16 Å². The summed E-state index contributed by atoms with van der Waals surface area (Å²) in [7, 11) is -2.00. The van der Waals surface area contributed by atoms with E-state index < -0.39 is 19.5 Å². The Bertz CT molecular complexity index is 614. The van der Waals surface area contributed by atoms with Gasteiger partial charge in [0.25, 0.3) is 0 Å². The highest BCUT2D eigenvalue weighted by Gasteiger charge is 2.73. The number of nitro groups is 1. The Morgan fingerprint density at radius 3 is 2.33 bits per heavy atom. The van der Waals surface area contributed by atoms with Crippen molar-refractivity contribution in [3.8, 4) is 0 Å². The van der Waals surface area contributed by atoms with Gasteiger partial charge in [0.1, 0.15) is 0 Å². The Morgan fingerprint density at radius 2 is 1.88 bits per heavy atom. The predicted octanol–water partition coefficient (Wildman–Crippen LogP) is 4.83. The molecule has 1 aromatic rings. The maximum atomic E-state index is 11.6. The van der Waals surface area contributed by atoms with Crippen molar-refractivity contribution in [3.05, 3.63) is 39.9 Å². The Kier molecular flexibility index (Phi) is 5.21. The van der Waals surface area contributed by atoms with E-state index in [1.165, 1.54) is 0 Å². The molecule has 1 fully saturated rings. The summed E-state index contributed by atoms with van der Waals surface area (Å²) in [6.45, 7) is 14.6. The minimum atomic E-state index is -2.00. The average molecular weight is 370 g/mol. The van der Waals surface area contributed by atoms with Crippen LogP contribution in [0.2, 0.25) is 18.1 Å². The molecule has 0 spiro atoms. The van der Waals surface area contributed by atoms with E-state index in [2.05, 4.69) is 33.9 Å². The molecule has 1 saturated heterocycles. The van der Waals surface area contributed by atoms with Crippen molar-refractivity contribution in [1.82, 2.24) is 0 Å². The molecule has 3 atom stereocenters. The van der Waals surface area contributed by atoms with Crippen molar-refractivity contribution >= 4 is 20.1 Å². The van der Waals surface area contributed by atoms with Gasteiger partial charge in [-0.2, -0.15) is 0 Å². The van der Waals surface area contributed by atoms with Crippen molar-refractivity contribution in [3.63, 3.8) is 0 Å². The summed E-state index contributed by atoms with van der Waals surface area (Å²) in [6.07, 6.45) is -0.845. The Hall–Kier alpha value is -0.893. The van der Waals surface area contributed by atoms with Crippen LogP contribution in [0.25, 0.3) is 0 Å². The summed E-state index contributed by atoms with van der Waals surface area (Å²) in [5.41, 5.74) is 1.12. The van der Waals surface area contributed by atoms with E-state index in [0.29, 0.717) is 0 Å². The first-order valence-corrected chi connectivity index (χ1v) is 11.9. The van der Waals surface area contributed by atoms with Gasteiger partial charge in [-0.05, 0) is 55.9 Å². The fourth-order valence-corrected chi connectivity index (χ4v) is 4.84. The molecule has 0 radical (unpaired) electrons. The summed E-state index contributed by atoms with van der Waals surface area (Å²) in [5.74, 6) is 0. The number of rotatable bonds is 6. The van der Waals surface area contributed by atoms with Crippen LogP contribution in [0.15, 0.2) is 29.2 Å². The fourth-order valence-electron chi connectivity index (χ4n) is 2.29. The van der Waals surface area contributed by atoms with Crippen LogP contribution in [0, 0.1) is 17.0 Å². The molecule has 5 nitrogen and oxygen atoms in total. The lowest BCUT2D eigenvalue weighted by Gasteiger charge is -2.38. The van der Waals surface area contributed by atoms with Crippen molar-refractivity contribution in [1.29, 1.82) is 0 Å². The van der Waals surface area contributed by atoms with E-state index >= 15 is 0 Å². The highest BCUT2D eigenvalue weighted by atomic mass is 32.2. The maximum absolute atomic E-state index is 11.6. The molecule has 0 unspecified atom stereocenters. The maximum Gasteiger partial charge on any atom is 0.408 e. The standard InChI is InChI=1S/C17H27NO4SSi/c1-12-8-10-14(11-9-12)23-17(18(19)20)15(21-17)13(2)22-24(6,7)16(3,4)5/h8-11,13,15H,1-7H3/t13-,15-,17-/m0/s1. The van der Waals surface area contributed by atoms with Crippen molar-refractivity contribution in [2.24, 2.45) is 0 Å². The highest BCUT2D eigenvalue weighted by Crippen LogP contribution is 2.53. The van der Waals surface area contributed by atoms with Gasteiger partial charge >= 0.3 is 5.06 Å². The third kappa shape index (κ3) is 3.85. The van der Waals surface area contributed by atoms with Gasteiger partial charge < -0.3 is 4.43 Å². The monoisotopic (exact) mass is 369 g/mol. The summed E-state index contributed by atoms with van der Waals surface area (Å²) in [5, 5.41) is 10.3.